The van der Waals surface area contributed by atoms with Crippen molar-refractivity contribution in [1.29, 1.82) is 0 Å². The quantitative estimate of drug-likeness (QED) is 0.126. The zero-order valence-electron chi connectivity index (χ0n) is 33.3. The number of rotatable bonds is 7. The Morgan fingerprint density at radius 3 is 2.26 bits per heavy atom. The van der Waals surface area contributed by atoms with Gasteiger partial charge in [-0.1, -0.05) is 115 Å². The third-order valence-corrected chi connectivity index (χ3v) is 12.5. The van der Waals surface area contributed by atoms with Gasteiger partial charge < -0.3 is 15.6 Å². The third-order valence-electron chi connectivity index (χ3n) is 12.5. The number of unbranched alkanes of at least 4 members (excludes halogenated alkanes) is 1. The summed E-state index contributed by atoms with van der Waals surface area (Å²) in [4.78, 5) is 6.47. The molecule has 8 aromatic rings. The molecule has 2 aliphatic rings. The summed E-state index contributed by atoms with van der Waals surface area (Å²) in [6, 6.07) is 49.9. The lowest BCUT2D eigenvalue weighted by atomic mass is 9.76. The smallest absolute Gasteiger partial charge is 0.142 e. The molecule has 2 bridgehead atoms. The van der Waals surface area contributed by atoms with E-state index in [4.69, 9.17) is 5.73 Å². The summed E-state index contributed by atoms with van der Waals surface area (Å²) in [5.74, 6) is 0. The van der Waals surface area contributed by atoms with Crippen LogP contribution in [0.4, 0.5) is 22.7 Å². The van der Waals surface area contributed by atoms with Gasteiger partial charge in [0.25, 0.3) is 0 Å². The number of aromatic nitrogens is 1. The Morgan fingerprint density at radius 1 is 0.667 bits per heavy atom. The maximum absolute atomic E-state index is 7.02. The van der Waals surface area contributed by atoms with E-state index in [-0.39, 0.29) is 0 Å². The first kappa shape index (κ1) is 35.2. The minimum atomic E-state index is 0.795. The van der Waals surface area contributed by atoms with Crippen LogP contribution in [0, 0.1) is 6.92 Å². The van der Waals surface area contributed by atoms with Gasteiger partial charge in [0.2, 0.25) is 0 Å². The molecule has 3 N–H and O–H groups in total. The van der Waals surface area contributed by atoms with E-state index in [0.717, 1.165) is 53.8 Å². The number of nitrogen functional groups attached to an aromatic ring is 1. The van der Waals surface area contributed by atoms with Crippen LogP contribution < -0.4 is 16.1 Å². The lowest BCUT2D eigenvalue weighted by Crippen LogP contribution is -2.24. The number of benzene rings is 7. The first-order chi connectivity index (χ1) is 28.0. The van der Waals surface area contributed by atoms with Gasteiger partial charge in [0.15, 0.2) is 0 Å². The highest BCUT2D eigenvalue weighted by Gasteiger charge is 2.31. The summed E-state index contributed by atoms with van der Waals surface area (Å²) in [7, 11) is 2.33. The fourth-order valence-electron chi connectivity index (χ4n) is 9.54. The number of hydrogen-bond donors (Lipinski definition) is 2. The van der Waals surface area contributed by atoms with Gasteiger partial charge in [0.1, 0.15) is 7.85 Å². The van der Waals surface area contributed by atoms with E-state index in [9.17, 15) is 0 Å². The Balaban J connectivity index is 1.36. The molecule has 1 aliphatic carbocycles. The number of nitrogens with one attached hydrogen (secondary N) is 1. The van der Waals surface area contributed by atoms with Crippen molar-refractivity contribution in [2.24, 2.45) is 0 Å². The van der Waals surface area contributed by atoms with Gasteiger partial charge in [-0.05, 0) is 138 Å². The van der Waals surface area contributed by atoms with Crippen molar-refractivity contribution in [3.05, 3.63) is 156 Å². The summed E-state index contributed by atoms with van der Waals surface area (Å²) in [5, 5.41) is 2.47. The zero-order chi connectivity index (χ0) is 38.6. The van der Waals surface area contributed by atoms with E-state index in [1.807, 2.05) is 0 Å². The molecule has 0 radical (unpaired) electrons. The number of nitrogens with two attached hydrogens (primary N) is 1. The van der Waals surface area contributed by atoms with Crippen LogP contribution in [0.5, 0.6) is 0 Å². The van der Waals surface area contributed by atoms with Gasteiger partial charge in [-0.3, -0.25) is 0 Å². The largest absolute Gasteiger partial charge is 0.398 e. The van der Waals surface area contributed by atoms with E-state index in [0.29, 0.717) is 0 Å². The second kappa shape index (κ2) is 14.4. The minimum absolute atomic E-state index is 0.795. The molecular formula is C53H48BN3. The van der Waals surface area contributed by atoms with Crippen LogP contribution >= 0.6 is 0 Å². The minimum Gasteiger partial charge on any atom is -0.398 e. The molecule has 0 unspecified atom stereocenters. The maximum atomic E-state index is 7.02. The van der Waals surface area contributed by atoms with E-state index in [1.54, 1.807) is 0 Å². The number of aromatic amines is 1. The Morgan fingerprint density at radius 2 is 1.46 bits per heavy atom. The van der Waals surface area contributed by atoms with E-state index in [1.165, 1.54) is 108 Å². The molecule has 0 amide bonds. The Labute approximate surface area is 337 Å². The average Bonchev–Trinajstić information content (AvgIpc) is 3.62. The Kier molecular flexibility index (Phi) is 8.86. The van der Waals surface area contributed by atoms with Crippen LogP contribution in [0.25, 0.3) is 71.9 Å². The summed E-state index contributed by atoms with van der Waals surface area (Å²) in [6.45, 7) is 4.45. The molecule has 7 aromatic carbocycles. The van der Waals surface area contributed by atoms with Crippen molar-refractivity contribution in [2.75, 3.05) is 10.6 Å². The summed E-state index contributed by atoms with van der Waals surface area (Å²) in [6.07, 6.45) is 10.6. The van der Waals surface area contributed by atoms with E-state index < -0.39 is 0 Å². The number of para-hydroxylation sites is 1. The summed E-state index contributed by atoms with van der Waals surface area (Å²) in [5.41, 5.74) is 29.8. The number of allylic oxidation sites excluding steroid dienone is 2. The van der Waals surface area contributed by atoms with Crippen molar-refractivity contribution in [3.8, 4) is 44.5 Å². The molecule has 0 saturated carbocycles. The number of H-pyrrole nitrogens is 1. The summed E-state index contributed by atoms with van der Waals surface area (Å²) < 4.78 is 0. The second-order valence-corrected chi connectivity index (χ2v) is 16.2. The molecule has 57 heavy (non-hydrogen) atoms. The average molecular weight is 738 g/mol. The fourth-order valence-corrected chi connectivity index (χ4v) is 9.54. The highest BCUT2D eigenvalue weighted by atomic mass is 15.1. The maximum Gasteiger partial charge on any atom is 0.142 e. The molecule has 2 heterocycles. The van der Waals surface area contributed by atoms with Crippen LogP contribution in [0.3, 0.4) is 0 Å². The standard InChI is InChI=1S/C53H48BN3/c1-3-4-13-34-29-42(41-28-33(2)20-26-46(41)55)50-44-31-38(36-16-9-6-10-17-36)23-27-48(44)57(39-24-21-37(22-25-39)35-14-7-5-8-15-35)49-32-43-40-18-11-12-19-47(40)56-53(43)51(52(49)54)45(50)30-34/h6,9-12,14,16-32,56H,3-5,7-8,13,15,54-55H2,1-2H3. The first-order valence-corrected chi connectivity index (χ1v) is 20.8. The fraction of sp³-hybridized carbons (Fsp3) is 0.170. The first-order valence-electron chi connectivity index (χ1n) is 20.8. The van der Waals surface area contributed by atoms with E-state index >= 15 is 0 Å². The topological polar surface area (TPSA) is 45.1 Å². The van der Waals surface area contributed by atoms with Crippen molar-refractivity contribution in [3.63, 3.8) is 0 Å². The SMILES string of the molecule is Bc1c2cc3c([nH]c4ccccc43)c1-c1cc(CCCC)cc(-c3cc(C)ccc3N)c1-c1cc(-c3ccccc3)ccc1N2c1ccc(C2=CCCCC2)cc1. The van der Waals surface area contributed by atoms with Gasteiger partial charge in [0, 0.05) is 50.0 Å². The lowest BCUT2D eigenvalue weighted by molar-refractivity contribution is 0.742. The molecular weight excluding hydrogens is 689 g/mol. The molecule has 1 aliphatic heterocycles. The number of anilines is 4. The van der Waals surface area contributed by atoms with Gasteiger partial charge in [0.05, 0.1) is 11.2 Å². The lowest BCUT2D eigenvalue weighted by Gasteiger charge is -2.35. The van der Waals surface area contributed by atoms with Gasteiger partial charge in [-0.2, -0.15) is 0 Å². The zero-order valence-corrected chi connectivity index (χ0v) is 33.3. The third kappa shape index (κ3) is 6.06. The van der Waals surface area contributed by atoms with Crippen LogP contribution in [-0.2, 0) is 6.42 Å². The Hall–Kier alpha value is -6.26. The molecule has 0 saturated heterocycles. The highest BCUT2D eigenvalue weighted by Crippen LogP contribution is 2.53. The number of hydrogen-bond acceptors (Lipinski definition) is 2. The van der Waals surface area contributed by atoms with Gasteiger partial charge in [-0.15, -0.1) is 0 Å². The molecule has 0 fully saturated rings. The second-order valence-electron chi connectivity index (χ2n) is 16.2. The van der Waals surface area contributed by atoms with Crippen LogP contribution in [0.2, 0.25) is 0 Å². The molecule has 10 rings (SSSR count). The normalized spacial score (nSPS) is 13.6. The van der Waals surface area contributed by atoms with Crippen molar-refractivity contribution in [2.45, 2.75) is 58.8 Å². The molecule has 4 heteroatoms. The molecule has 278 valence electrons. The van der Waals surface area contributed by atoms with Crippen molar-refractivity contribution < 1.29 is 0 Å². The van der Waals surface area contributed by atoms with Gasteiger partial charge >= 0.3 is 0 Å². The van der Waals surface area contributed by atoms with E-state index in [2.05, 4.69) is 171 Å². The van der Waals surface area contributed by atoms with Crippen molar-refractivity contribution in [1.82, 2.24) is 4.98 Å². The predicted molar refractivity (Wildman–Crippen MR) is 248 cm³/mol. The Bertz CT molecular complexity index is 2860. The predicted octanol–water partition coefficient (Wildman–Crippen LogP) is 13.2. The van der Waals surface area contributed by atoms with Crippen LogP contribution in [0.1, 0.15) is 62.1 Å². The number of fused-ring (bicyclic) bond motifs is 10. The molecule has 3 nitrogen and oxygen atoms in total. The van der Waals surface area contributed by atoms with Crippen LogP contribution in [0.15, 0.2) is 140 Å². The molecule has 1 aromatic heterocycles. The summed E-state index contributed by atoms with van der Waals surface area (Å²) >= 11 is 0. The molecule has 0 spiro atoms. The molecule has 0 atom stereocenters. The van der Waals surface area contributed by atoms with Gasteiger partial charge in [-0.25, -0.2) is 0 Å². The monoisotopic (exact) mass is 737 g/mol. The number of aryl methyl sites for hydroxylation is 2. The van der Waals surface area contributed by atoms with Crippen molar-refractivity contribution >= 4 is 63.4 Å². The van der Waals surface area contributed by atoms with Crippen LogP contribution in [-0.4, -0.2) is 12.8 Å². The number of nitrogens with zero attached hydrogens (tertiary/aromatic N) is 1. The highest BCUT2D eigenvalue weighted by molar-refractivity contribution is 6.43.